The van der Waals surface area contributed by atoms with Gasteiger partial charge < -0.3 is 4.74 Å². The van der Waals surface area contributed by atoms with Crippen LogP contribution in [0.5, 0.6) is 0 Å². The Balaban J connectivity index is 3.19. The minimum atomic E-state index is -4.45. The standard InChI is InChI=1S/C11H11F3O2/c1-7-4-3-5-9(11(12,13)14)8(7)6-10(15)16-2/h3-5H,6H2,1-2H3. The molecule has 0 atom stereocenters. The van der Waals surface area contributed by atoms with E-state index in [1.165, 1.54) is 19.1 Å². The summed E-state index contributed by atoms with van der Waals surface area (Å²) in [6.07, 6.45) is -4.81. The second-order valence-corrected chi connectivity index (χ2v) is 3.35. The number of alkyl halides is 3. The van der Waals surface area contributed by atoms with E-state index in [0.717, 1.165) is 13.2 Å². The van der Waals surface area contributed by atoms with E-state index in [0.29, 0.717) is 5.56 Å². The molecule has 16 heavy (non-hydrogen) atoms. The molecule has 0 aliphatic rings. The smallest absolute Gasteiger partial charge is 0.416 e. The molecule has 0 heterocycles. The van der Waals surface area contributed by atoms with Gasteiger partial charge in [-0.1, -0.05) is 12.1 Å². The molecule has 0 radical (unpaired) electrons. The van der Waals surface area contributed by atoms with Crippen molar-refractivity contribution in [1.82, 2.24) is 0 Å². The van der Waals surface area contributed by atoms with Crippen LogP contribution in [0.25, 0.3) is 0 Å². The number of benzene rings is 1. The van der Waals surface area contributed by atoms with Crippen LogP contribution >= 0.6 is 0 Å². The number of carbonyl (C=O) groups is 1. The van der Waals surface area contributed by atoms with Gasteiger partial charge in [0.15, 0.2) is 0 Å². The third kappa shape index (κ3) is 2.74. The first-order valence-corrected chi connectivity index (χ1v) is 4.58. The van der Waals surface area contributed by atoms with Crippen LogP contribution in [-0.2, 0) is 22.1 Å². The molecular formula is C11H11F3O2. The Morgan fingerprint density at radius 1 is 1.38 bits per heavy atom. The van der Waals surface area contributed by atoms with Crippen LogP contribution in [0, 0.1) is 6.92 Å². The lowest BCUT2D eigenvalue weighted by atomic mass is 9.99. The third-order valence-corrected chi connectivity index (χ3v) is 2.26. The summed E-state index contributed by atoms with van der Waals surface area (Å²) in [5.74, 6) is -0.681. The summed E-state index contributed by atoms with van der Waals surface area (Å²) in [7, 11) is 1.15. The van der Waals surface area contributed by atoms with Gasteiger partial charge in [0.1, 0.15) is 0 Å². The summed E-state index contributed by atoms with van der Waals surface area (Å²) < 4.78 is 42.3. The molecule has 0 unspecified atom stereocenters. The van der Waals surface area contributed by atoms with Gasteiger partial charge in [0.05, 0.1) is 19.1 Å². The molecule has 2 nitrogen and oxygen atoms in total. The Bertz CT molecular complexity index is 397. The highest BCUT2D eigenvalue weighted by Gasteiger charge is 2.34. The van der Waals surface area contributed by atoms with E-state index in [4.69, 9.17) is 0 Å². The number of hydrogen-bond acceptors (Lipinski definition) is 2. The van der Waals surface area contributed by atoms with E-state index in [2.05, 4.69) is 4.74 Å². The Kier molecular flexibility index (Phi) is 3.57. The second-order valence-electron chi connectivity index (χ2n) is 3.35. The Labute approximate surface area is 91.0 Å². The Morgan fingerprint density at radius 2 is 2.00 bits per heavy atom. The van der Waals surface area contributed by atoms with Crippen molar-refractivity contribution in [1.29, 1.82) is 0 Å². The maximum Gasteiger partial charge on any atom is 0.416 e. The van der Waals surface area contributed by atoms with E-state index in [-0.39, 0.29) is 12.0 Å². The average molecular weight is 232 g/mol. The molecule has 0 aromatic heterocycles. The van der Waals surface area contributed by atoms with Crippen molar-refractivity contribution in [2.24, 2.45) is 0 Å². The molecule has 0 aliphatic carbocycles. The predicted octanol–water partition coefficient (Wildman–Crippen LogP) is 2.73. The molecule has 1 rings (SSSR count). The zero-order chi connectivity index (χ0) is 12.3. The van der Waals surface area contributed by atoms with Crippen molar-refractivity contribution in [3.05, 3.63) is 34.9 Å². The first-order chi connectivity index (χ1) is 7.36. The van der Waals surface area contributed by atoms with Crippen molar-refractivity contribution < 1.29 is 22.7 Å². The first-order valence-electron chi connectivity index (χ1n) is 4.58. The number of ether oxygens (including phenoxy) is 1. The second kappa shape index (κ2) is 4.55. The summed E-state index contributed by atoms with van der Waals surface area (Å²) in [5.41, 5.74) is -0.375. The van der Waals surface area contributed by atoms with Gasteiger partial charge in [0, 0.05) is 0 Å². The molecule has 0 fully saturated rings. The Morgan fingerprint density at radius 3 is 2.50 bits per heavy atom. The van der Waals surface area contributed by atoms with Gasteiger partial charge in [-0.3, -0.25) is 4.79 Å². The number of aryl methyl sites for hydroxylation is 1. The lowest BCUT2D eigenvalue weighted by Gasteiger charge is -2.14. The fraction of sp³-hybridized carbons (Fsp3) is 0.364. The molecule has 1 aromatic carbocycles. The lowest BCUT2D eigenvalue weighted by molar-refractivity contribution is -0.141. The predicted molar refractivity (Wildman–Crippen MR) is 51.9 cm³/mol. The first kappa shape index (κ1) is 12.5. The maximum absolute atomic E-state index is 12.6. The van der Waals surface area contributed by atoms with Crippen molar-refractivity contribution >= 4 is 5.97 Å². The third-order valence-electron chi connectivity index (χ3n) is 2.26. The highest BCUT2D eigenvalue weighted by Crippen LogP contribution is 2.33. The number of methoxy groups -OCH3 is 1. The van der Waals surface area contributed by atoms with Crippen molar-refractivity contribution in [3.8, 4) is 0 Å². The molecule has 5 heteroatoms. The number of esters is 1. The van der Waals surface area contributed by atoms with Gasteiger partial charge in [-0.15, -0.1) is 0 Å². The van der Waals surface area contributed by atoms with Crippen molar-refractivity contribution in [2.45, 2.75) is 19.5 Å². The molecule has 88 valence electrons. The highest BCUT2D eigenvalue weighted by atomic mass is 19.4. The fourth-order valence-electron chi connectivity index (χ4n) is 1.42. The number of halogens is 3. The molecule has 0 amide bonds. The summed E-state index contributed by atoms with van der Waals surface area (Å²) >= 11 is 0. The topological polar surface area (TPSA) is 26.3 Å². The summed E-state index contributed by atoms with van der Waals surface area (Å²) in [4.78, 5) is 11.0. The van der Waals surface area contributed by atoms with Gasteiger partial charge in [0.2, 0.25) is 0 Å². The fourth-order valence-corrected chi connectivity index (χ4v) is 1.42. The number of hydrogen-bond donors (Lipinski definition) is 0. The SMILES string of the molecule is COC(=O)Cc1c(C)cccc1C(F)(F)F. The van der Waals surface area contributed by atoms with Crippen LogP contribution in [0.4, 0.5) is 13.2 Å². The molecule has 0 saturated carbocycles. The van der Waals surface area contributed by atoms with Crippen LogP contribution in [0.1, 0.15) is 16.7 Å². The van der Waals surface area contributed by atoms with E-state index in [1.807, 2.05) is 0 Å². The van der Waals surface area contributed by atoms with E-state index < -0.39 is 17.7 Å². The van der Waals surface area contributed by atoms with E-state index in [9.17, 15) is 18.0 Å². The van der Waals surface area contributed by atoms with E-state index in [1.54, 1.807) is 0 Å². The van der Waals surface area contributed by atoms with Gasteiger partial charge in [0.25, 0.3) is 0 Å². The van der Waals surface area contributed by atoms with Crippen LogP contribution in [0.15, 0.2) is 18.2 Å². The maximum atomic E-state index is 12.6. The highest BCUT2D eigenvalue weighted by molar-refractivity contribution is 5.73. The van der Waals surface area contributed by atoms with E-state index >= 15 is 0 Å². The van der Waals surface area contributed by atoms with Crippen molar-refractivity contribution in [2.75, 3.05) is 7.11 Å². The molecule has 0 aliphatic heterocycles. The monoisotopic (exact) mass is 232 g/mol. The lowest BCUT2D eigenvalue weighted by Crippen LogP contribution is -2.14. The van der Waals surface area contributed by atoms with Crippen LogP contribution in [0.3, 0.4) is 0 Å². The average Bonchev–Trinajstić information content (AvgIpc) is 2.19. The van der Waals surface area contributed by atoms with Gasteiger partial charge in [-0.05, 0) is 24.1 Å². The number of carbonyl (C=O) groups excluding carboxylic acids is 1. The van der Waals surface area contributed by atoms with Crippen LogP contribution in [0.2, 0.25) is 0 Å². The number of rotatable bonds is 2. The quantitative estimate of drug-likeness (QED) is 0.733. The van der Waals surface area contributed by atoms with Crippen molar-refractivity contribution in [3.63, 3.8) is 0 Å². The van der Waals surface area contributed by atoms with Gasteiger partial charge in [-0.25, -0.2) is 0 Å². The van der Waals surface area contributed by atoms with Crippen LogP contribution in [-0.4, -0.2) is 13.1 Å². The molecule has 0 saturated heterocycles. The van der Waals surface area contributed by atoms with Gasteiger partial charge in [-0.2, -0.15) is 13.2 Å². The largest absolute Gasteiger partial charge is 0.469 e. The molecule has 0 N–H and O–H groups in total. The summed E-state index contributed by atoms with van der Waals surface area (Å²) in [5, 5.41) is 0. The normalized spacial score (nSPS) is 11.3. The summed E-state index contributed by atoms with van der Waals surface area (Å²) in [6.45, 7) is 1.54. The van der Waals surface area contributed by atoms with Crippen LogP contribution < -0.4 is 0 Å². The molecule has 0 bridgehead atoms. The molecule has 1 aromatic rings. The molecule has 0 spiro atoms. The zero-order valence-electron chi connectivity index (χ0n) is 8.89. The zero-order valence-corrected chi connectivity index (χ0v) is 8.89. The minimum absolute atomic E-state index is 0.0261. The summed E-state index contributed by atoms with van der Waals surface area (Å²) in [6, 6.07) is 3.82. The molecular weight excluding hydrogens is 221 g/mol. The van der Waals surface area contributed by atoms with Gasteiger partial charge >= 0.3 is 12.1 Å². The minimum Gasteiger partial charge on any atom is -0.469 e. The Hall–Kier alpha value is -1.52.